The van der Waals surface area contributed by atoms with Gasteiger partial charge in [-0.3, -0.25) is 9.59 Å². The average Bonchev–Trinajstić information content (AvgIpc) is 3.33. The van der Waals surface area contributed by atoms with Gasteiger partial charge in [0.25, 0.3) is 0 Å². The van der Waals surface area contributed by atoms with Crippen LogP contribution in [0.4, 0.5) is 0 Å². The summed E-state index contributed by atoms with van der Waals surface area (Å²) in [5.41, 5.74) is 2.18. The van der Waals surface area contributed by atoms with E-state index < -0.39 is 6.04 Å². The number of thioether (sulfide) groups is 1. The van der Waals surface area contributed by atoms with Gasteiger partial charge in [0.15, 0.2) is 0 Å². The number of benzene rings is 2. The van der Waals surface area contributed by atoms with Gasteiger partial charge in [-0.15, -0.1) is 11.8 Å². The normalized spacial score (nSPS) is 14.6. The zero-order valence-electron chi connectivity index (χ0n) is 20.0. The zero-order valence-corrected chi connectivity index (χ0v) is 20.8. The predicted octanol–water partition coefficient (Wildman–Crippen LogP) is 5.35. The summed E-state index contributed by atoms with van der Waals surface area (Å²) in [6, 6.07) is 15.8. The van der Waals surface area contributed by atoms with E-state index in [1.807, 2.05) is 31.2 Å². The average molecular weight is 469 g/mol. The number of ether oxygens (including phenoxy) is 1. The highest BCUT2D eigenvalue weighted by Crippen LogP contribution is 2.23. The minimum atomic E-state index is -0.478. The van der Waals surface area contributed by atoms with Crippen molar-refractivity contribution in [3.05, 3.63) is 59.7 Å². The molecular formula is C27H36N2O3S. The Bertz CT molecular complexity index is 910. The van der Waals surface area contributed by atoms with Crippen LogP contribution in [0.1, 0.15) is 56.6 Å². The second-order valence-corrected chi connectivity index (χ2v) is 9.87. The van der Waals surface area contributed by atoms with Crippen molar-refractivity contribution in [2.75, 3.05) is 12.9 Å². The van der Waals surface area contributed by atoms with E-state index in [1.165, 1.54) is 5.56 Å². The molecule has 1 aliphatic rings. The molecule has 1 fully saturated rings. The topological polar surface area (TPSA) is 58.6 Å². The molecule has 0 bridgehead atoms. The molecule has 1 N–H and O–H groups in total. The molecule has 2 aromatic carbocycles. The number of nitrogens with zero attached hydrogens (tertiary/aromatic N) is 1. The molecule has 178 valence electrons. The minimum absolute atomic E-state index is 0.00542. The molecule has 0 unspecified atom stereocenters. The Morgan fingerprint density at radius 3 is 2.55 bits per heavy atom. The Morgan fingerprint density at radius 1 is 1.15 bits per heavy atom. The van der Waals surface area contributed by atoms with Crippen molar-refractivity contribution >= 4 is 23.6 Å². The molecule has 1 saturated carbocycles. The number of nitrogens with one attached hydrogen (secondary N) is 1. The fraction of sp³-hybridized carbons (Fsp3) is 0.481. The molecule has 1 aliphatic carbocycles. The second kappa shape index (κ2) is 12.7. The lowest BCUT2D eigenvalue weighted by molar-refractivity contribution is -0.141. The number of aryl methyl sites for hydroxylation is 1. The lowest BCUT2D eigenvalue weighted by Gasteiger charge is -2.31. The largest absolute Gasteiger partial charge is 0.497 e. The molecule has 0 aromatic heterocycles. The Kier molecular flexibility index (Phi) is 9.67. The Labute approximate surface area is 202 Å². The lowest BCUT2D eigenvalue weighted by atomic mass is 10.1. The summed E-state index contributed by atoms with van der Waals surface area (Å²) in [6.07, 6.45) is 5.34. The van der Waals surface area contributed by atoms with Gasteiger partial charge in [0, 0.05) is 29.7 Å². The van der Waals surface area contributed by atoms with Crippen molar-refractivity contribution in [2.45, 2.75) is 75.9 Å². The highest BCUT2D eigenvalue weighted by Gasteiger charge is 2.30. The van der Waals surface area contributed by atoms with E-state index in [0.29, 0.717) is 25.1 Å². The SMILES string of the molecule is CC[C@@H](C(=O)NC1CCCC1)N(Cc1cccc(OC)c1)C(=O)CCSc1ccc(C)cc1. The molecule has 1 atom stereocenters. The molecule has 0 saturated heterocycles. The van der Waals surface area contributed by atoms with Crippen LogP contribution in [0.5, 0.6) is 5.75 Å². The third-order valence-electron chi connectivity index (χ3n) is 6.18. The molecule has 5 nitrogen and oxygen atoms in total. The number of amides is 2. The maximum Gasteiger partial charge on any atom is 0.243 e. The van der Waals surface area contributed by atoms with Crippen molar-refractivity contribution < 1.29 is 14.3 Å². The summed E-state index contributed by atoms with van der Waals surface area (Å²) in [6.45, 7) is 4.43. The molecule has 0 spiro atoms. The number of carbonyl (C=O) groups excluding carboxylic acids is 2. The van der Waals surface area contributed by atoms with E-state index in [2.05, 4.69) is 36.5 Å². The molecular weight excluding hydrogens is 432 g/mol. The number of hydrogen-bond acceptors (Lipinski definition) is 4. The van der Waals surface area contributed by atoms with Crippen molar-refractivity contribution in [1.82, 2.24) is 10.2 Å². The van der Waals surface area contributed by atoms with E-state index in [0.717, 1.165) is 41.9 Å². The third-order valence-corrected chi connectivity index (χ3v) is 7.19. The summed E-state index contributed by atoms with van der Waals surface area (Å²) < 4.78 is 5.36. The number of rotatable bonds is 11. The minimum Gasteiger partial charge on any atom is -0.497 e. The van der Waals surface area contributed by atoms with E-state index >= 15 is 0 Å². The Hall–Kier alpha value is -2.47. The highest BCUT2D eigenvalue weighted by atomic mass is 32.2. The fourth-order valence-electron chi connectivity index (χ4n) is 4.29. The van der Waals surface area contributed by atoms with Crippen LogP contribution in [0, 0.1) is 6.92 Å². The van der Waals surface area contributed by atoms with Crippen LogP contribution in [-0.4, -0.2) is 41.7 Å². The van der Waals surface area contributed by atoms with Crippen LogP contribution >= 0.6 is 11.8 Å². The molecule has 0 radical (unpaired) electrons. The molecule has 2 amide bonds. The van der Waals surface area contributed by atoms with Crippen LogP contribution in [-0.2, 0) is 16.1 Å². The standard InChI is InChI=1S/C27H36N2O3S/c1-4-25(27(31)28-22-9-5-6-10-22)29(19-21-8-7-11-23(18-21)32-3)26(30)16-17-33-24-14-12-20(2)13-15-24/h7-8,11-15,18,22,25H,4-6,9-10,16-17,19H2,1-3H3,(H,28,31)/t25-/m0/s1. The summed E-state index contributed by atoms with van der Waals surface area (Å²) >= 11 is 1.67. The first-order chi connectivity index (χ1) is 16.0. The van der Waals surface area contributed by atoms with Gasteiger partial charge < -0.3 is 15.0 Å². The molecule has 6 heteroatoms. The first-order valence-electron chi connectivity index (χ1n) is 11.9. The first-order valence-corrected chi connectivity index (χ1v) is 12.9. The Balaban J connectivity index is 1.71. The first kappa shape index (κ1) is 25.2. The van der Waals surface area contributed by atoms with Gasteiger partial charge in [0.1, 0.15) is 11.8 Å². The zero-order chi connectivity index (χ0) is 23.6. The number of methoxy groups -OCH3 is 1. The lowest BCUT2D eigenvalue weighted by Crippen LogP contribution is -2.51. The molecule has 33 heavy (non-hydrogen) atoms. The molecule has 3 rings (SSSR count). The molecule has 0 heterocycles. The van der Waals surface area contributed by atoms with E-state index in [9.17, 15) is 9.59 Å². The maximum absolute atomic E-state index is 13.4. The van der Waals surface area contributed by atoms with Crippen molar-refractivity contribution in [1.29, 1.82) is 0 Å². The van der Waals surface area contributed by atoms with Crippen LogP contribution in [0.3, 0.4) is 0 Å². The maximum atomic E-state index is 13.4. The molecule has 2 aromatic rings. The number of carbonyl (C=O) groups is 2. The van der Waals surface area contributed by atoms with Gasteiger partial charge in [-0.1, -0.05) is 49.6 Å². The highest BCUT2D eigenvalue weighted by molar-refractivity contribution is 7.99. The summed E-state index contributed by atoms with van der Waals surface area (Å²) in [7, 11) is 1.63. The molecule has 0 aliphatic heterocycles. The van der Waals surface area contributed by atoms with Crippen molar-refractivity contribution in [2.24, 2.45) is 0 Å². The van der Waals surface area contributed by atoms with Gasteiger partial charge in [-0.05, 0) is 56.0 Å². The summed E-state index contributed by atoms with van der Waals surface area (Å²) in [4.78, 5) is 29.5. The van der Waals surface area contributed by atoms with Crippen LogP contribution in [0.2, 0.25) is 0 Å². The summed E-state index contributed by atoms with van der Waals surface area (Å²) in [5, 5.41) is 3.20. The van der Waals surface area contributed by atoms with Gasteiger partial charge in [0.05, 0.1) is 7.11 Å². The van der Waals surface area contributed by atoms with Gasteiger partial charge in [-0.2, -0.15) is 0 Å². The van der Waals surface area contributed by atoms with Crippen LogP contribution in [0.15, 0.2) is 53.4 Å². The third kappa shape index (κ3) is 7.53. The quantitative estimate of drug-likeness (QED) is 0.452. The summed E-state index contributed by atoms with van der Waals surface area (Å²) in [5.74, 6) is 1.40. The van der Waals surface area contributed by atoms with E-state index in [-0.39, 0.29) is 17.9 Å². The van der Waals surface area contributed by atoms with Gasteiger partial charge >= 0.3 is 0 Å². The van der Waals surface area contributed by atoms with Gasteiger partial charge in [-0.25, -0.2) is 0 Å². The monoisotopic (exact) mass is 468 g/mol. The van der Waals surface area contributed by atoms with Crippen LogP contribution in [0.25, 0.3) is 0 Å². The van der Waals surface area contributed by atoms with E-state index in [1.54, 1.807) is 23.8 Å². The van der Waals surface area contributed by atoms with Gasteiger partial charge in [0.2, 0.25) is 11.8 Å². The fourth-order valence-corrected chi connectivity index (χ4v) is 5.13. The number of hydrogen-bond donors (Lipinski definition) is 1. The second-order valence-electron chi connectivity index (χ2n) is 8.70. The van der Waals surface area contributed by atoms with E-state index in [4.69, 9.17) is 4.74 Å². The Morgan fingerprint density at radius 2 is 1.88 bits per heavy atom. The smallest absolute Gasteiger partial charge is 0.243 e. The van der Waals surface area contributed by atoms with Crippen LogP contribution < -0.4 is 10.1 Å². The van der Waals surface area contributed by atoms with Crippen molar-refractivity contribution in [3.63, 3.8) is 0 Å². The van der Waals surface area contributed by atoms with Crippen molar-refractivity contribution in [3.8, 4) is 5.75 Å². The predicted molar refractivity (Wildman–Crippen MR) is 135 cm³/mol.